The Morgan fingerprint density at radius 3 is 2.41 bits per heavy atom. The molecule has 1 rings (SSSR count). The Hall–Kier alpha value is -1.84. The molecule has 0 aliphatic carbocycles. The molecule has 17 heavy (non-hydrogen) atoms. The van der Waals surface area contributed by atoms with E-state index in [0.717, 1.165) is 5.56 Å². The molecule has 0 unspecified atom stereocenters. The summed E-state index contributed by atoms with van der Waals surface area (Å²) in [5, 5.41) is 0. The summed E-state index contributed by atoms with van der Waals surface area (Å²) in [7, 11) is 0. The van der Waals surface area contributed by atoms with Crippen molar-refractivity contribution in [3.63, 3.8) is 0 Å². The van der Waals surface area contributed by atoms with Crippen LogP contribution < -0.4 is 4.74 Å². The summed E-state index contributed by atoms with van der Waals surface area (Å²) in [6, 6.07) is 7.13. The molecule has 0 aliphatic heterocycles. The summed E-state index contributed by atoms with van der Waals surface area (Å²) in [5.74, 6) is -1.34. The molecule has 0 bridgehead atoms. The number of hydrogen-bond donors (Lipinski definition) is 0. The predicted octanol–water partition coefficient (Wildman–Crippen LogP) is 2.28. The van der Waals surface area contributed by atoms with Crippen molar-refractivity contribution in [2.24, 2.45) is 0 Å². The maximum absolute atomic E-state index is 11.4. The highest BCUT2D eigenvalue weighted by Crippen LogP contribution is 2.25. The van der Waals surface area contributed by atoms with E-state index in [1.54, 1.807) is 19.1 Å². The van der Waals surface area contributed by atoms with Crippen molar-refractivity contribution in [1.82, 2.24) is 0 Å². The van der Waals surface area contributed by atoms with Gasteiger partial charge >= 0.3 is 11.9 Å². The first kappa shape index (κ1) is 13.2. The van der Waals surface area contributed by atoms with Gasteiger partial charge in [-0.2, -0.15) is 0 Å². The fourth-order valence-corrected chi connectivity index (χ4v) is 1.38. The Balaban J connectivity index is 2.81. The van der Waals surface area contributed by atoms with Gasteiger partial charge in [-0.05, 0) is 24.5 Å². The van der Waals surface area contributed by atoms with Gasteiger partial charge in [0.1, 0.15) is 5.75 Å². The van der Waals surface area contributed by atoms with Crippen LogP contribution >= 0.6 is 0 Å². The molecule has 4 heteroatoms. The van der Waals surface area contributed by atoms with Gasteiger partial charge in [-0.3, -0.25) is 0 Å². The van der Waals surface area contributed by atoms with E-state index in [2.05, 4.69) is 4.74 Å². The minimum Gasteiger partial charge on any atom is -0.458 e. The van der Waals surface area contributed by atoms with E-state index in [1.165, 1.54) is 0 Å². The first-order valence-corrected chi connectivity index (χ1v) is 5.54. The van der Waals surface area contributed by atoms with E-state index < -0.39 is 11.9 Å². The van der Waals surface area contributed by atoms with Crippen LogP contribution in [0.5, 0.6) is 5.75 Å². The summed E-state index contributed by atoms with van der Waals surface area (Å²) in [6.45, 7) is 5.75. The van der Waals surface area contributed by atoms with E-state index in [0.29, 0.717) is 5.75 Å². The fourth-order valence-electron chi connectivity index (χ4n) is 1.38. The largest absolute Gasteiger partial charge is 0.458 e. The van der Waals surface area contributed by atoms with Crippen LogP contribution in [0.2, 0.25) is 0 Å². The van der Waals surface area contributed by atoms with Gasteiger partial charge in [0.05, 0.1) is 6.61 Å². The van der Waals surface area contributed by atoms with Crippen molar-refractivity contribution in [3.05, 3.63) is 29.8 Å². The zero-order chi connectivity index (χ0) is 12.8. The summed E-state index contributed by atoms with van der Waals surface area (Å²) >= 11 is 0. The minimum atomic E-state index is -0.986. The zero-order valence-corrected chi connectivity index (χ0v) is 10.2. The van der Waals surface area contributed by atoms with E-state index in [-0.39, 0.29) is 12.5 Å². The maximum atomic E-state index is 11.4. The molecule has 4 nitrogen and oxygen atoms in total. The number of esters is 2. The Kier molecular flexibility index (Phi) is 4.69. The second-order valence-electron chi connectivity index (χ2n) is 3.80. The molecule has 0 atom stereocenters. The Labute approximate surface area is 101 Å². The van der Waals surface area contributed by atoms with Gasteiger partial charge in [-0.1, -0.05) is 32.0 Å². The van der Waals surface area contributed by atoms with Crippen molar-refractivity contribution in [2.75, 3.05) is 6.61 Å². The summed E-state index contributed by atoms with van der Waals surface area (Å²) < 4.78 is 9.57. The summed E-state index contributed by atoms with van der Waals surface area (Å²) in [4.78, 5) is 22.5. The Bertz CT molecular complexity index is 410. The van der Waals surface area contributed by atoms with Gasteiger partial charge in [0.2, 0.25) is 0 Å². The maximum Gasteiger partial charge on any atom is 0.422 e. The zero-order valence-electron chi connectivity index (χ0n) is 10.2. The topological polar surface area (TPSA) is 52.6 Å². The van der Waals surface area contributed by atoms with Crippen molar-refractivity contribution < 1.29 is 19.1 Å². The minimum absolute atomic E-state index is 0.153. The molecule has 0 saturated heterocycles. The van der Waals surface area contributed by atoms with Crippen LogP contribution in [0.4, 0.5) is 0 Å². The average molecular weight is 236 g/mol. The van der Waals surface area contributed by atoms with E-state index in [1.807, 2.05) is 26.0 Å². The van der Waals surface area contributed by atoms with Crippen LogP contribution in [0.1, 0.15) is 32.3 Å². The molecule has 0 aliphatic rings. The van der Waals surface area contributed by atoms with Gasteiger partial charge in [-0.25, -0.2) is 9.59 Å². The lowest BCUT2D eigenvalue weighted by atomic mass is 10.0. The standard InChI is InChI=1S/C13H16O4/c1-4-16-12(14)13(15)17-11-8-6-5-7-10(11)9(2)3/h5-9H,4H2,1-3H3. The molecule has 0 amide bonds. The molecule has 0 aromatic heterocycles. The smallest absolute Gasteiger partial charge is 0.422 e. The van der Waals surface area contributed by atoms with E-state index in [4.69, 9.17) is 4.74 Å². The number of ether oxygens (including phenoxy) is 2. The molecule has 92 valence electrons. The molecular formula is C13H16O4. The normalized spacial score (nSPS) is 10.1. The number of benzene rings is 1. The van der Waals surface area contributed by atoms with Crippen LogP contribution in [0.3, 0.4) is 0 Å². The molecule has 0 radical (unpaired) electrons. The van der Waals surface area contributed by atoms with Crippen molar-refractivity contribution in [2.45, 2.75) is 26.7 Å². The van der Waals surface area contributed by atoms with Gasteiger partial charge in [0.15, 0.2) is 0 Å². The average Bonchev–Trinajstić information content (AvgIpc) is 2.29. The van der Waals surface area contributed by atoms with Crippen molar-refractivity contribution in [1.29, 1.82) is 0 Å². The molecule has 0 N–H and O–H groups in total. The van der Waals surface area contributed by atoms with Crippen LogP contribution in [0.15, 0.2) is 24.3 Å². The SMILES string of the molecule is CCOC(=O)C(=O)Oc1ccccc1C(C)C. The van der Waals surface area contributed by atoms with Crippen LogP contribution in [-0.2, 0) is 14.3 Å². The number of rotatable bonds is 3. The highest BCUT2D eigenvalue weighted by molar-refractivity contribution is 6.30. The van der Waals surface area contributed by atoms with Crippen LogP contribution in [-0.4, -0.2) is 18.5 Å². The third kappa shape index (κ3) is 3.59. The van der Waals surface area contributed by atoms with Crippen LogP contribution in [0.25, 0.3) is 0 Å². The van der Waals surface area contributed by atoms with Crippen molar-refractivity contribution in [3.8, 4) is 5.75 Å². The van der Waals surface area contributed by atoms with Gasteiger partial charge in [0, 0.05) is 0 Å². The number of carbonyl (C=O) groups excluding carboxylic acids is 2. The van der Waals surface area contributed by atoms with Gasteiger partial charge in [-0.15, -0.1) is 0 Å². The monoisotopic (exact) mass is 236 g/mol. The number of carbonyl (C=O) groups is 2. The molecule has 0 spiro atoms. The lowest BCUT2D eigenvalue weighted by molar-refractivity contribution is -0.161. The molecular weight excluding hydrogens is 220 g/mol. The second kappa shape index (κ2) is 6.03. The molecule has 1 aromatic carbocycles. The third-order valence-corrected chi connectivity index (χ3v) is 2.19. The molecule has 1 aromatic rings. The number of para-hydroxylation sites is 1. The summed E-state index contributed by atoms with van der Waals surface area (Å²) in [5.41, 5.74) is 0.880. The molecule has 0 fully saturated rings. The quantitative estimate of drug-likeness (QED) is 0.459. The van der Waals surface area contributed by atoms with Gasteiger partial charge < -0.3 is 9.47 Å². The van der Waals surface area contributed by atoms with E-state index in [9.17, 15) is 9.59 Å². The third-order valence-electron chi connectivity index (χ3n) is 2.19. The highest BCUT2D eigenvalue weighted by Gasteiger charge is 2.19. The summed E-state index contributed by atoms with van der Waals surface area (Å²) in [6.07, 6.45) is 0. The first-order chi connectivity index (χ1) is 8.06. The molecule has 0 saturated carbocycles. The van der Waals surface area contributed by atoms with E-state index >= 15 is 0 Å². The Morgan fingerprint density at radius 2 is 1.82 bits per heavy atom. The van der Waals surface area contributed by atoms with Crippen molar-refractivity contribution >= 4 is 11.9 Å². The van der Waals surface area contributed by atoms with Crippen LogP contribution in [0, 0.1) is 0 Å². The second-order valence-corrected chi connectivity index (χ2v) is 3.80. The fraction of sp³-hybridized carbons (Fsp3) is 0.385. The lowest BCUT2D eigenvalue weighted by Gasteiger charge is -2.11. The number of hydrogen-bond acceptors (Lipinski definition) is 4. The Morgan fingerprint density at radius 1 is 1.18 bits per heavy atom. The molecule has 0 heterocycles. The lowest BCUT2D eigenvalue weighted by Crippen LogP contribution is -2.23. The first-order valence-electron chi connectivity index (χ1n) is 5.54. The predicted molar refractivity (Wildman–Crippen MR) is 62.8 cm³/mol. The highest BCUT2D eigenvalue weighted by atomic mass is 16.6. The van der Waals surface area contributed by atoms with Gasteiger partial charge in [0.25, 0.3) is 0 Å².